The molecule has 1 amide bonds. The van der Waals surface area contributed by atoms with Gasteiger partial charge in [-0.05, 0) is 43.5 Å². The van der Waals surface area contributed by atoms with E-state index in [-0.39, 0.29) is 23.1 Å². The molecular weight excluding hydrogens is 438 g/mol. The molecule has 0 saturated carbocycles. The minimum Gasteiger partial charge on any atom is -0.493 e. The van der Waals surface area contributed by atoms with Crippen molar-refractivity contribution in [2.45, 2.75) is 37.1 Å². The molecule has 33 heavy (non-hydrogen) atoms. The molecule has 0 aliphatic carbocycles. The number of aromatic amines is 1. The molecule has 0 fully saturated rings. The highest BCUT2D eigenvalue weighted by Crippen LogP contribution is 2.32. The fourth-order valence-corrected chi connectivity index (χ4v) is 4.38. The van der Waals surface area contributed by atoms with Crippen molar-refractivity contribution >= 4 is 17.7 Å². The number of rotatable bonds is 10. The first-order valence-corrected chi connectivity index (χ1v) is 11.6. The monoisotopic (exact) mass is 467 g/mol. The number of aryl methyl sites for hydroxylation is 1. The Morgan fingerprint density at radius 3 is 2.52 bits per heavy atom. The molecule has 0 aliphatic rings. The third-order valence-electron chi connectivity index (χ3n) is 5.28. The van der Waals surface area contributed by atoms with Gasteiger partial charge in [0.1, 0.15) is 0 Å². The van der Waals surface area contributed by atoms with Gasteiger partial charge in [0.05, 0.1) is 20.6 Å². The van der Waals surface area contributed by atoms with Crippen LogP contribution in [0.1, 0.15) is 34.6 Å². The van der Waals surface area contributed by atoms with E-state index >= 15 is 0 Å². The van der Waals surface area contributed by atoms with Crippen LogP contribution in [0.3, 0.4) is 0 Å². The van der Waals surface area contributed by atoms with Gasteiger partial charge in [0.2, 0.25) is 5.91 Å². The molecule has 1 heterocycles. The predicted octanol–water partition coefficient (Wildman–Crippen LogP) is 3.85. The molecule has 1 atom stereocenters. The number of benzene rings is 2. The fraction of sp³-hybridized carbons (Fsp3) is 0.320. The van der Waals surface area contributed by atoms with Crippen LogP contribution in [0.4, 0.5) is 0 Å². The molecule has 1 unspecified atom stereocenters. The van der Waals surface area contributed by atoms with Crippen molar-refractivity contribution < 1.29 is 14.3 Å². The number of carbonyl (C=O) groups excluding carboxylic acids is 1. The zero-order valence-electron chi connectivity index (χ0n) is 19.3. The van der Waals surface area contributed by atoms with Gasteiger partial charge in [-0.25, -0.2) is 4.98 Å². The van der Waals surface area contributed by atoms with E-state index in [2.05, 4.69) is 22.2 Å². The second kappa shape index (κ2) is 11.6. The van der Waals surface area contributed by atoms with Crippen LogP contribution >= 0.6 is 11.8 Å². The molecule has 0 bridgehead atoms. The molecule has 0 spiro atoms. The minimum absolute atomic E-state index is 0.0146. The molecule has 0 radical (unpaired) electrons. The third kappa shape index (κ3) is 6.61. The molecule has 7 nitrogen and oxygen atoms in total. The normalized spacial score (nSPS) is 11.6. The number of carbonyl (C=O) groups is 1. The quantitative estimate of drug-likeness (QED) is 0.348. The summed E-state index contributed by atoms with van der Waals surface area (Å²) in [7, 11) is 3.18. The van der Waals surface area contributed by atoms with Gasteiger partial charge in [0.25, 0.3) is 5.56 Å². The Labute approximate surface area is 197 Å². The molecule has 174 valence electrons. The predicted molar refractivity (Wildman–Crippen MR) is 130 cm³/mol. The first kappa shape index (κ1) is 24.4. The Balaban J connectivity index is 1.57. The van der Waals surface area contributed by atoms with Crippen LogP contribution in [-0.2, 0) is 17.6 Å². The highest BCUT2D eigenvalue weighted by Gasteiger charge is 2.15. The molecule has 3 aromatic rings. The lowest BCUT2D eigenvalue weighted by atomic mass is 10.1. The number of thioether (sulfide) groups is 1. The molecule has 3 rings (SSSR count). The van der Waals surface area contributed by atoms with E-state index in [0.717, 1.165) is 11.1 Å². The zero-order chi connectivity index (χ0) is 23.8. The van der Waals surface area contributed by atoms with Crippen LogP contribution in [0.15, 0.2) is 58.5 Å². The number of aromatic nitrogens is 2. The highest BCUT2D eigenvalue weighted by molar-refractivity contribution is 7.99. The maximum atomic E-state index is 12.6. The first-order chi connectivity index (χ1) is 15.9. The first-order valence-electron chi connectivity index (χ1n) is 10.7. The Hall–Kier alpha value is -3.26. The van der Waals surface area contributed by atoms with E-state index in [4.69, 9.17) is 9.47 Å². The van der Waals surface area contributed by atoms with E-state index in [1.165, 1.54) is 11.8 Å². The third-order valence-corrected chi connectivity index (χ3v) is 6.32. The summed E-state index contributed by atoms with van der Waals surface area (Å²) in [6.07, 6.45) is 0.617. The summed E-state index contributed by atoms with van der Waals surface area (Å²) in [6.45, 7) is 4.27. The lowest BCUT2D eigenvalue weighted by Crippen LogP contribution is -2.30. The van der Waals surface area contributed by atoms with Crippen LogP contribution < -0.4 is 20.3 Å². The number of amides is 1. The van der Waals surface area contributed by atoms with Crippen LogP contribution in [0.2, 0.25) is 0 Å². The fourth-order valence-electron chi connectivity index (χ4n) is 3.41. The van der Waals surface area contributed by atoms with Gasteiger partial charge in [-0.3, -0.25) is 9.59 Å². The van der Waals surface area contributed by atoms with E-state index in [9.17, 15) is 9.59 Å². The Morgan fingerprint density at radius 1 is 1.12 bits per heavy atom. The average molecular weight is 468 g/mol. The summed E-state index contributed by atoms with van der Waals surface area (Å²) in [4.78, 5) is 32.4. The summed E-state index contributed by atoms with van der Waals surface area (Å²) in [5.41, 5.74) is 2.84. The standard InChI is InChI=1S/C25H29N3O4S/c1-16-20(24(30)28-25(27-16)33-17(2)19-8-6-5-7-9-19)15-23(29)26-13-12-18-10-11-21(31-3)22(14-18)32-4/h5-11,14,17H,12-13,15H2,1-4H3,(H,26,29)(H,27,28,30). The van der Waals surface area contributed by atoms with E-state index in [1.807, 2.05) is 48.5 Å². The number of hydrogen-bond acceptors (Lipinski definition) is 6. The van der Waals surface area contributed by atoms with Gasteiger partial charge in [-0.1, -0.05) is 48.2 Å². The number of ether oxygens (including phenoxy) is 2. The molecular formula is C25H29N3O4S. The SMILES string of the molecule is COc1ccc(CCNC(=O)Cc2c(C)nc(SC(C)c3ccccc3)[nH]c2=O)cc1OC. The lowest BCUT2D eigenvalue weighted by molar-refractivity contribution is -0.120. The van der Waals surface area contributed by atoms with Crippen molar-refractivity contribution in [3.05, 3.63) is 81.3 Å². The van der Waals surface area contributed by atoms with Gasteiger partial charge in [0, 0.05) is 23.1 Å². The molecule has 2 aromatic carbocycles. The van der Waals surface area contributed by atoms with E-state index in [1.54, 1.807) is 21.1 Å². The second-order valence-corrected chi connectivity index (χ2v) is 8.90. The van der Waals surface area contributed by atoms with Crippen molar-refractivity contribution in [2.24, 2.45) is 0 Å². The molecule has 8 heteroatoms. The lowest BCUT2D eigenvalue weighted by Gasteiger charge is -2.12. The molecule has 1 aromatic heterocycles. The highest BCUT2D eigenvalue weighted by atomic mass is 32.2. The minimum atomic E-state index is -0.277. The van der Waals surface area contributed by atoms with Gasteiger partial charge in [-0.2, -0.15) is 0 Å². The Kier molecular flexibility index (Phi) is 8.54. The van der Waals surface area contributed by atoms with Gasteiger partial charge in [-0.15, -0.1) is 0 Å². The summed E-state index contributed by atoms with van der Waals surface area (Å²) >= 11 is 1.48. The summed E-state index contributed by atoms with van der Waals surface area (Å²) in [5, 5.41) is 3.56. The molecule has 0 aliphatic heterocycles. The zero-order valence-corrected chi connectivity index (χ0v) is 20.1. The second-order valence-electron chi connectivity index (χ2n) is 7.57. The maximum Gasteiger partial charge on any atom is 0.255 e. The van der Waals surface area contributed by atoms with Gasteiger partial charge < -0.3 is 19.8 Å². The summed E-state index contributed by atoms with van der Waals surface area (Å²) < 4.78 is 10.5. The topological polar surface area (TPSA) is 93.3 Å². The van der Waals surface area contributed by atoms with Crippen LogP contribution in [0.5, 0.6) is 11.5 Å². The number of methoxy groups -OCH3 is 2. The van der Waals surface area contributed by atoms with E-state index in [0.29, 0.717) is 40.9 Å². The van der Waals surface area contributed by atoms with Crippen molar-refractivity contribution in [3.63, 3.8) is 0 Å². The van der Waals surface area contributed by atoms with Crippen molar-refractivity contribution in [1.82, 2.24) is 15.3 Å². The number of hydrogen-bond donors (Lipinski definition) is 2. The van der Waals surface area contributed by atoms with E-state index < -0.39 is 0 Å². The van der Waals surface area contributed by atoms with Gasteiger partial charge in [0.15, 0.2) is 16.7 Å². The van der Waals surface area contributed by atoms with Crippen LogP contribution in [-0.4, -0.2) is 36.6 Å². The number of nitrogens with zero attached hydrogens (tertiary/aromatic N) is 1. The van der Waals surface area contributed by atoms with Crippen molar-refractivity contribution in [3.8, 4) is 11.5 Å². The van der Waals surface area contributed by atoms with Crippen LogP contribution in [0, 0.1) is 6.92 Å². The smallest absolute Gasteiger partial charge is 0.255 e. The van der Waals surface area contributed by atoms with Crippen molar-refractivity contribution in [2.75, 3.05) is 20.8 Å². The summed E-state index contributed by atoms with van der Waals surface area (Å²) in [6, 6.07) is 15.7. The number of nitrogens with one attached hydrogen (secondary N) is 2. The summed E-state index contributed by atoms with van der Waals surface area (Å²) in [5.74, 6) is 1.09. The van der Waals surface area contributed by atoms with Crippen molar-refractivity contribution in [1.29, 1.82) is 0 Å². The Bertz CT molecular complexity index is 1150. The number of H-pyrrole nitrogens is 1. The molecule has 0 saturated heterocycles. The van der Waals surface area contributed by atoms with Gasteiger partial charge >= 0.3 is 0 Å². The molecule has 2 N–H and O–H groups in total. The maximum absolute atomic E-state index is 12.6. The Morgan fingerprint density at radius 2 is 1.85 bits per heavy atom. The average Bonchev–Trinajstić information content (AvgIpc) is 2.81. The largest absolute Gasteiger partial charge is 0.493 e. The van der Waals surface area contributed by atoms with Crippen LogP contribution in [0.25, 0.3) is 0 Å².